The molecule has 1 N–H and O–H groups in total. The third-order valence-electron chi connectivity index (χ3n) is 4.12. The third-order valence-corrected chi connectivity index (χ3v) is 4.12. The zero-order chi connectivity index (χ0) is 17.9. The predicted molar refractivity (Wildman–Crippen MR) is 98.8 cm³/mol. The van der Waals surface area contributed by atoms with E-state index in [1.54, 1.807) is 10.8 Å². The van der Waals surface area contributed by atoms with Crippen LogP contribution in [0.5, 0.6) is 0 Å². The molecule has 0 fully saturated rings. The Labute approximate surface area is 150 Å². The summed E-state index contributed by atoms with van der Waals surface area (Å²) < 4.78 is 3.82. The van der Waals surface area contributed by atoms with Gasteiger partial charge in [-0.15, -0.1) is 25.5 Å². The van der Waals surface area contributed by atoms with E-state index in [4.69, 9.17) is 0 Å². The van der Waals surface area contributed by atoms with Gasteiger partial charge < -0.3 is 9.88 Å². The highest BCUT2D eigenvalue weighted by atomic mass is 15.4. The predicted octanol–water partition coefficient (Wildman–Crippen LogP) is 2.62. The van der Waals surface area contributed by atoms with Crippen LogP contribution in [0.4, 0.5) is 5.82 Å². The van der Waals surface area contributed by atoms with Crippen molar-refractivity contribution in [3.05, 3.63) is 54.6 Å². The lowest BCUT2D eigenvalue weighted by Gasteiger charge is -2.10. The van der Waals surface area contributed by atoms with E-state index >= 15 is 0 Å². The first-order valence-corrected chi connectivity index (χ1v) is 8.62. The molecule has 26 heavy (non-hydrogen) atoms. The van der Waals surface area contributed by atoms with Crippen molar-refractivity contribution in [3.63, 3.8) is 0 Å². The summed E-state index contributed by atoms with van der Waals surface area (Å²) in [5.41, 5.74) is 1.70. The van der Waals surface area contributed by atoms with Crippen molar-refractivity contribution < 1.29 is 0 Å². The summed E-state index contributed by atoms with van der Waals surface area (Å²) in [4.78, 5) is 0. The minimum absolute atomic E-state index is 0.345. The molecule has 0 amide bonds. The Morgan fingerprint density at radius 1 is 1.00 bits per heavy atom. The van der Waals surface area contributed by atoms with Crippen LogP contribution in [0, 0.1) is 0 Å². The largest absolute Gasteiger partial charge is 0.367 e. The van der Waals surface area contributed by atoms with Gasteiger partial charge in [0.1, 0.15) is 18.0 Å². The molecule has 0 unspecified atom stereocenters. The van der Waals surface area contributed by atoms with E-state index < -0.39 is 0 Å². The van der Waals surface area contributed by atoms with E-state index in [-0.39, 0.29) is 0 Å². The first-order valence-electron chi connectivity index (χ1n) is 8.62. The maximum Gasteiger partial charge on any atom is 0.185 e. The van der Waals surface area contributed by atoms with Gasteiger partial charge in [0, 0.05) is 24.6 Å². The van der Waals surface area contributed by atoms with Crippen molar-refractivity contribution in [3.8, 4) is 11.4 Å². The molecule has 132 valence electrons. The van der Waals surface area contributed by atoms with Gasteiger partial charge >= 0.3 is 0 Å². The number of nitrogens with one attached hydrogen (secondary N) is 1. The fourth-order valence-electron chi connectivity index (χ4n) is 2.84. The first kappa shape index (κ1) is 16.2. The van der Waals surface area contributed by atoms with Crippen molar-refractivity contribution in [1.82, 2.24) is 34.6 Å². The second kappa shape index (κ2) is 6.91. The number of rotatable bonds is 6. The van der Waals surface area contributed by atoms with E-state index in [1.165, 1.54) is 0 Å². The number of benzene rings is 1. The molecule has 0 aliphatic carbocycles. The van der Waals surface area contributed by atoms with Crippen LogP contribution in [0.2, 0.25) is 0 Å². The number of aromatic nitrogens is 7. The van der Waals surface area contributed by atoms with Gasteiger partial charge in [-0.3, -0.25) is 0 Å². The lowest BCUT2D eigenvalue weighted by molar-refractivity contribution is 0.636. The number of hydrogen-bond donors (Lipinski definition) is 1. The van der Waals surface area contributed by atoms with Gasteiger partial charge in [0.15, 0.2) is 11.5 Å². The molecule has 3 aromatic heterocycles. The quantitative estimate of drug-likeness (QED) is 0.576. The molecular weight excluding hydrogens is 328 g/mol. The topological polar surface area (TPSA) is 85.8 Å². The summed E-state index contributed by atoms with van der Waals surface area (Å²) >= 11 is 0. The van der Waals surface area contributed by atoms with Crippen LogP contribution in [0.3, 0.4) is 0 Å². The monoisotopic (exact) mass is 348 g/mol. The summed E-state index contributed by atoms with van der Waals surface area (Å²) in [7, 11) is 0. The van der Waals surface area contributed by atoms with Gasteiger partial charge in [0.25, 0.3) is 0 Å². The highest BCUT2D eigenvalue weighted by Crippen LogP contribution is 2.18. The summed E-state index contributed by atoms with van der Waals surface area (Å²) in [6.07, 6.45) is 1.76. The van der Waals surface area contributed by atoms with Gasteiger partial charge in [-0.2, -0.15) is 4.52 Å². The van der Waals surface area contributed by atoms with Crippen molar-refractivity contribution in [2.24, 2.45) is 0 Å². The number of nitrogens with zero attached hydrogens (tertiary/aromatic N) is 7. The van der Waals surface area contributed by atoms with Gasteiger partial charge in [-0.25, -0.2) is 0 Å². The molecule has 0 saturated heterocycles. The fraction of sp³-hybridized carbons (Fsp3) is 0.278. The van der Waals surface area contributed by atoms with Crippen LogP contribution >= 0.6 is 0 Å². The average Bonchev–Trinajstić information content (AvgIpc) is 3.29. The second-order valence-corrected chi connectivity index (χ2v) is 6.34. The van der Waals surface area contributed by atoms with Crippen molar-refractivity contribution in [2.75, 3.05) is 11.9 Å². The van der Waals surface area contributed by atoms with E-state index in [0.717, 1.165) is 41.8 Å². The SMILES string of the molecule is CC(C)c1nncn1CCNc1ccc2nnc(-c3ccccc3)n2n1. The maximum absolute atomic E-state index is 4.63. The zero-order valence-electron chi connectivity index (χ0n) is 14.7. The lowest BCUT2D eigenvalue weighted by atomic mass is 10.2. The molecule has 0 aliphatic heterocycles. The molecule has 0 atom stereocenters. The van der Waals surface area contributed by atoms with Gasteiger partial charge in [-0.1, -0.05) is 44.2 Å². The lowest BCUT2D eigenvalue weighted by Crippen LogP contribution is -2.14. The standard InChI is InChI=1S/C18H20N8/c1-13(2)17-22-20-12-25(17)11-10-19-15-8-9-16-21-23-18(26(16)24-15)14-6-4-3-5-7-14/h3-9,12-13H,10-11H2,1-2H3,(H,19,24). The summed E-state index contributed by atoms with van der Waals surface area (Å²) in [6, 6.07) is 13.7. The van der Waals surface area contributed by atoms with Gasteiger partial charge in [-0.05, 0) is 12.1 Å². The molecule has 0 bridgehead atoms. The number of hydrogen-bond acceptors (Lipinski definition) is 6. The Balaban J connectivity index is 1.51. The van der Waals surface area contributed by atoms with Crippen LogP contribution in [-0.4, -0.2) is 41.1 Å². The Morgan fingerprint density at radius 3 is 2.65 bits per heavy atom. The van der Waals surface area contributed by atoms with Crippen LogP contribution in [-0.2, 0) is 6.54 Å². The minimum Gasteiger partial charge on any atom is -0.367 e. The van der Waals surface area contributed by atoms with Crippen LogP contribution in [0.15, 0.2) is 48.8 Å². The van der Waals surface area contributed by atoms with Crippen molar-refractivity contribution >= 4 is 11.5 Å². The normalized spacial score (nSPS) is 11.3. The Kier molecular flexibility index (Phi) is 4.30. The average molecular weight is 348 g/mol. The summed E-state index contributed by atoms with van der Waals surface area (Å²) in [6.45, 7) is 5.72. The minimum atomic E-state index is 0.345. The third kappa shape index (κ3) is 3.13. The van der Waals surface area contributed by atoms with Gasteiger partial charge in [0.2, 0.25) is 0 Å². The molecule has 4 aromatic rings. The highest BCUT2D eigenvalue weighted by molar-refractivity contribution is 5.59. The van der Waals surface area contributed by atoms with Crippen LogP contribution in [0.25, 0.3) is 17.0 Å². The Bertz CT molecular complexity index is 1000. The molecule has 8 nitrogen and oxygen atoms in total. The fourth-order valence-corrected chi connectivity index (χ4v) is 2.84. The van der Waals surface area contributed by atoms with E-state index in [1.807, 2.05) is 42.5 Å². The van der Waals surface area contributed by atoms with E-state index in [2.05, 4.69) is 49.2 Å². The molecule has 0 radical (unpaired) electrons. The van der Waals surface area contributed by atoms with Crippen molar-refractivity contribution in [2.45, 2.75) is 26.3 Å². The molecule has 0 spiro atoms. The molecule has 4 rings (SSSR count). The number of fused-ring (bicyclic) bond motifs is 1. The zero-order valence-corrected chi connectivity index (χ0v) is 14.7. The second-order valence-electron chi connectivity index (χ2n) is 6.34. The van der Waals surface area contributed by atoms with Crippen LogP contribution in [0.1, 0.15) is 25.6 Å². The highest BCUT2D eigenvalue weighted by Gasteiger charge is 2.10. The maximum atomic E-state index is 4.63. The number of anilines is 1. The first-order chi connectivity index (χ1) is 12.7. The van der Waals surface area contributed by atoms with Crippen molar-refractivity contribution in [1.29, 1.82) is 0 Å². The molecule has 1 aromatic carbocycles. The Morgan fingerprint density at radius 2 is 1.85 bits per heavy atom. The smallest absolute Gasteiger partial charge is 0.185 e. The molecule has 0 aliphatic rings. The van der Waals surface area contributed by atoms with Gasteiger partial charge in [0.05, 0.1) is 0 Å². The van der Waals surface area contributed by atoms with E-state index in [9.17, 15) is 0 Å². The molecule has 8 heteroatoms. The molecule has 0 saturated carbocycles. The van der Waals surface area contributed by atoms with E-state index in [0.29, 0.717) is 5.92 Å². The van der Waals surface area contributed by atoms with Crippen LogP contribution < -0.4 is 5.32 Å². The Hall–Kier alpha value is -3.29. The summed E-state index contributed by atoms with van der Waals surface area (Å²) in [5.74, 6) is 2.83. The molecular formula is C18H20N8. The molecule has 3 heterocycles. The summed E-state index contributed by atoms with van der Waals surface area (Å²) in [5, 5.41) is 24.6.